The quantitative estimate of drug-likeness (QED) is 0.291. The number of hydrogen-bond acceptors (Lipinski definition) is 3. The molecule has 7 heteroatoms. The van der Waals surface area contributed by atoms with Gasteiger partial charge in [0.25, 0.3) is 0 Å². The Morgan fingerprint density at radius 1 is 0.929 bits per heavy atom. The van der Waals surface area contributed by atoms with Gasteiger partial charge in [0, 0.05) is 21.3 Å². The number of halogens is 2. The summed E-state index contributed by atoms with van der Waals surface area (Å²) in [4.78, 5) is 0. The Kier molecular flexibility index (Phi) is 7.25. The summed E-state index contributed by atoms with van der Waals surface area (Å²) in [5, 5.41) is 8.76. The zero-order chi connectivity index (χ0) is 19.8. The average Bonchev–Trinajstić information content (AvgIpc) is 2.69. The van der Waals surface area contributed by atoms with E-state index in [1.54, 1.807) is 24.4 Å². The van der Waals surface area contributed by atoms with Crippen molar-refractivity contribution in [2.24, 2.45) is 5.10 Å². The zero-order valence-corrected chi connectivity index (χ0v) is 17.1. The van der Waals surface area contributed by atoms with Crippen LogP contribution in [0.5, 0.6) is 5.75 Å². The number of nitrogens with zero attached hydrogens (tertiary/aromatic N) is 1. The molecule has 3 aromatic rings. The fourth-order valence-electron chi connectivity index (χ4n) is 2.32. The fourth-order valence-corrected chi connectivity index (χ4v) is 3.00. The van der Waals surface area contributed by atoms with E-state index in [2.05, 4.69) is 15.8 Å². The number of rotatable bonds is 6. The summed E-state index contributed by atoms with van der Waals surface area (Å²) >= 11 is 17.5. The van der Waals surface area contributed by atoms with Crippen molar-refractivity contribution < 1.29 is 4.74 Å². The van der Waals surface area contributed by atoms with Crippen molar-refractivity contribution in [3.63, 3.8) is 0 Å². The number of benzene rings is 3. The molecular weight excluding hydrogens is 413 g/mol. The van der Waals surface area contributed by atoms with Crippen LogP contribution in [0.25, 0.3) is 0 Å². The summed E-state index contributed by atoms with van der Waals surface area (Å²) in [7, 11) is 0. The molecule has 28 heavy (non-hydrogen) atoms. The van der Waals surface area contributed by atoms with E-state index >= 15 is 0 Å². The Morgan fingerprint density at radius 3 is 2.29 bits per heavy atom. The Morgan fingerprint density at radius 2 is 1.61 bits per heavy atom. The van der Waals surface area contributed by atoms with Gasteiger partial charge in [-0.25, -0.2) is 0 Å². The topological polar surface area (TPSA) is 45.7 Å². The molecule has 0 radical (unpaired) electrons. The van der Waals surface area contributed by atoms with Crippen molar-refractivity contribution in [2.75, 3.05) is 5.32 Å². The molecule has 4 nitrogen and oxygen atoms in total. The molecule has 0 saturated heterocycles. The van der Waals surface area contributed by atoms with Gasteiger partial charge < -0.3 is 10.1 Å². The number of para-hydroxylation sites is 1. The van der Waals surface area contributed by atoms with Gasteiger partial charge in [0.1, 0.15) is 12.4 Å². The van der Waals surface area contributed by atoms with E-state index < -0.39 is 0 Å². The predicted molar refractivity (Wildman–Crippen MR) is 121 cm³/mol. The van der Waals surface area contributed by atoms with Gasteiger partial charge >= 0.3 is 0 Å². The average molecular weight is 430 g/mol. The molecule has 0 atom stereocenters. The highest BCUT2D eigenvalue weighted by atomic mass is 35.5. The molecule has 0 aliphatic carbocycles. The minimum absolute atomic E-state index is 0.299. The standard InChI is InChI=1S/C21H17Cl2N3OS/c22-19-7-4-8-20(23)18(19)14-27-17-11-9-15(10-12-17)13-24-26-21(28)25-16-5-2-1-3-6-16/h1-13H,14H2,(H2,25,26,28). The van der Waals surface area contributed by atoms with Crippen LogP contribution in [0.2, 0.25) is 10.0 Å². The van der Waals surface area contributed by atoms with Crippen molar-refractivity contribution >= 4 is 52.4 Å². The molecule has 0 heterocycles. The lowest BCUT2D eigenvalue weighted by Crippen LogP contribution is -2.23. The summed E-state index contributed by atoms with van der Waals surface area (Å²) in [6.45, 7) is 0.299. The van der Waals surface area contributed by atoms with E-state index in [4.69, 9.17) is 40.2 Å². The molecule has 0 fully saturated rings. The van der Waals surface area contributed by atoms with E-state index in [-0.39, 0.29) is 0 Å². The molecule has 2 N–H and O–H groups in total. The third-order valence-corrected chi connectivity index (χ3v) is 4.64. The summed E-state index contributed by atoms with van der Waals surface area (Å²) in [5.41, 5.74) is 5.35. The maximum Gasteiger partial charge on any atom is 0.191 e. The van der Waals surface area contributed by atoms with Crippen LogP contribution in [0.15, 0.2) is 77.9 Å². The normalized spacial score (nSPS) is 10.6. The Hall–Kier alpha value is -2.60. The molecule has 0 saturated carbocycles. The fraction of sp³-hybridized carbons (Fsp3) is 0.0476. The summed E-state index contributed by atoms with van der Waals surface area (Å²) in [6.07, 6.45) is 1.67. The predicted octanol–water partition coefficient (Wildman–Crippen LogP) is 5.89. The Bertz CT molecular complexity index is 943. The second-order valence-corrected chi connectivity index (χ2v) is 6.97. The maximum atomic E-state index is 6.15. The van der Waals surface area contributed by atoms with Crippen molar-refractivity contribution in [1.82, 2.24) is 5.43 Å². The first-order valence-electron chi connectivity index (χ1n) is 8.42. The van der Waals surface area contributed by atoms with Crippen LogP contribution in [0.4, 0.5) is 5.69 Å². The minimum atomic E-state index is 0.299. The van der Waals surface area contributed by atoms with Gasteiger partial charge in [-0.05, 0) is 66.3 Å². The van der Waals surface area contributed by atoms with Gasteiger partial charge in [-0.1, -0.05) is 47.5 Å². The Labute approximate surface area is 179 Å². The number of nitrogens with one attached hydrogen (secondary N) is 2. The molecule has 0 unspecified atom stereocenters. The van der Waals surface area contributed by atoms with E-state index in [0.29, 0.717) is 27.5 Å². The summed E-state index contributed by atoms with van der Waals surface area (Å²) in [6, 6.07) is 22.5. The van der Waals surface area contributed by atoms with Gasteiger partial charge in [0.15, 0.2) is 5.11 Å². The van der Waals surface area contributed by atoms with Crippen LogP contribution in [-0.2, 0) is 6.61 Å². The number of ether oxygens (including phenoxy) is 1. The van der Waals surface area contributed by atoms with Crippen molar-refractivity contribution in [2.45, 2.75) is 6.61 Å². The Balaban J connectivity index is 1.50. The van der Waals surface area contributed by atoms with Gasteiger partial charge in [0.05, 0.1) is 6.21 Å². The maximum absolute atomic E-state index is 6.15. The molecule has 142 valence electrons. The van der Waals surface area contributed by atoms with E-state index in [1.165, 1.54) is 0 Å². The number of hydrogen-bond donors (Lipinski definition) is 2. The van der Waals surface area contributed by atoms with Gasteiger partial charge in [-0.3, -0.25) is 5.43 Å². The minimum Gasteiger partial charge on any atom is -0.489 e. The lowest BCUT2D eigenvalue weighted by Gasteiger charge is -2.09. The van der Waals surface area contributed by atoms with Gasteiger partial charge in [0.2, 0.25) is 0 Å². The van der Waals surface area contributed by atoms with Crippen LogP contribution in [0.3, 0.4) is 0 Å². The zero-order valence-electron chi connectivity index (χ0n) is 14.7. The second kappa shape index (κ2) is 10.1. The van der Waals surface area contributed by atoms with Crippen LogP contribution < -0.4 is 15.5 Å². The largest absolute Gasteiger partial charge is 0.489 e. The molecule has 0 bridgehead atoms. The summed E-state index contributed by atoms with van der Waals surface area (Å²) < 4.78 is 5.76. The first-order chi connectivity index (χ1) is 13.6. The lowest BCUT2D eigenvalue weighted by molar-refractivity contribution is 0.306. The van der Waals surface area contributed by atoms with Crippen molar-refractivity contribution in [1.29, 1.82) is 0 Å². The molecule has 0 amide bonds. The first kappa shape index (κ1) is 20.1. The summed E-state index contributed by atoms with van der Waals surface area (Å²) in [5.74, 6) is 0.711. The molecule has 0 aromatic heterocycles. The number of thiocarbonyl (C=S) groups is 1. The highest BCUT2D eigenvalue weighted by Crippen LogP contribution is 2.25. The first-order valence-corrected chi connectivity index (χ1v) is 9.59. The van der Waals surface area contributed by atoms with Crippen LogP contribution in [-0.4, -0.2) is 11.3 Å². The molecule has 3 aromatic carbocycles. The smallest absolute Gasteiger partial charge is 0.191 e. The van der Waals surface area contributed by atoms with E-state index in [9.17, 15) is 0 Å². The number of hydrazone groups is 1. The SMILES string of the molecule is S=C(NN=Cc1ccc(OCc2c(Cl)cccc2Cl)cc1)Nc1ccccc1. The third kappa shape index (κ3) is 5.96. The van der Waals surface area contributed by atoms with Crippen LogP contribution >= 0.6 is 35.4 Å². The molecule has 3 rings (SSSR count). The number of anilines is 1. The molecular formula is C21H17Cl2N3OS. The molecule has 0 spiro atoms. The van der Waals surface area contributed by atoms with Crippen molar-refractivity contribution in [3.05, 3.63) is 94.0 Å². The lowest BCUT2D eigenvalue weighted by atomic mass is 10.2. The molecule has 0 aliphatic heterocycles. The second-order valence-electron chi connectivity index (χ2n) is 5.75. The highest BCUT2D eigenvalue weighted by molar-refractivity contribution is 7.80. The van der Waals surface area contributed by atoms with Gasteiger partial charge in [-0.2, -0.15) is 5.10 Å². The van der Waals surface area contributed by atoms with Crippen LogP contribution in [0.1, 0.15) is 11.1 Å². The van der Waals surface area contributed by atoms with Crippen LogP contribution in [0, 0.1) is 0 Å². The van der Waals surface area contributed by atoms with Gasteiger partial charge in [-0.15, -0.1) is 0 Å². The van der Waals surface area contributed by atoms with Crippen molar-refractivity contribution in [3.8, 4) is 5.75 Å². The highest BCUT2D eigenvalue weighted by Gasteiger charge is 2.06. The van der Waals surface area contributed by atoms with E-state index in [0.717, 1.165) is 16.8 Å². The monoisotopic (exact) mass is 429 g/mol. The third-order valence-electron chi connectivity index (χ3n) is 3.74. The molecule has 0 aliphatic rings. The van der Waals surface area contributed by atoms with E-state index in [1.807, 2.05) is 54.6 Å².